The van der Waals surface area contributed by atoms with Crippen LogP contribution < -0.4 is 0 Å². The topological polar surface area (TPSA) is 118 Å². The summed E-state index contributed by atoms with van der Waals surface area (Å²) in [6.45, 7) is 1.25. The van der Waals surface area contributed by atoms with Crippen molar-refractivity contribution >= 4 is 15.8 Å². The lowest BCUT2D eigenvalue weighted by Gasteiger charge is -2.21. The van der Waals surface area contributed by atoms with E-state index in [-0.39, 0.29) is 19.4 Å². The summed E-state index contributed by atoms with van der Waals surface area (Å²) in [4.78, 5) is 11.2. The molecule has 1 heterocycles. The number of aliphatic hydroxyl groups is 1. The lowest BCUT2D eigenvalue weighted by atomic mass is 10.0. The summed E-state index contributed by atoms with van der Waals surface area (Å²) in [7, 11) is -3.76. The quantitative estimate of drug-likeness (QED) is 0.556. The fourth-order valence-electron chi connectivity index (χ4n) is 1.62. The minimum atomic E-state index is -3.76. The molecule has 0 aliphatic heterocycles. The number of aliphatic hydroxyl groups excluding tert-OH is 1. The molecule has 0 amide bonds. The van der Waals surface area contributed by atoms with Crippen LogP contribution in [0, 0.1) is 11.8 Å². The molecule has 1 aromatic heterocycles. The number of hydrogen-bond donors (Lipinski definition) is 2. The summed E-state index contributed by atoms with van der Waals surface area (Å²) < 4.78 is 26.4. The largest absolute Gasteiger partial charge is 0.480 e. The number of sulfone groups is 1. The molecule has 0 aliphatic rings. The highest BCUT2D eigenvalue weighted by molar-refractivity contribution is 7.92. The van der Waals surface area contributed by atoms with Crippen LogP contribution in [0.15, 0.2) is 10.6 Å². The van der Waals surface area contributed by atoms with Gasteiger partial charge in [0.1, 0.15) is 0 Å². The minimum absolute atomic E-state index is 0.0651. The summed E-state index contributed by atoms with van der Waals surface area (Å²) >= 11 is 0. The van der Waals surface area contributed by atoms with Gasteiger partial charge in [0, 0.05) is 25.3 Å². The Morgan fingerprint density at radius 2 is 2.18 bits per heavy atom. The fraction of sp³-hybridized carbons (Fsp3) is 0.571. The fourth-order valence-corrected chi connectivity index (χ4v) is 2.41. The van der Waals surface area contributed by atoms with E-state index in [9.17, 15) is 13.2 Å². The van der Waals surface area contributed by atoms with Gasteiger partial charge >= 0.3 is 5.97 Å². The Labute approximate surface area is 129 Å². The van der Waals surface area contributed by atoms with Gasteiger partial charge in [-0.25, -0.2) is 8.42 Å². The van der Waals surface area contributed by atoms with Gasteiger partial charge in [-0.3, -0.25) is 4.79 Å². The zero-order valence-corrected chi connectivity index (χ0v) is 13.3. The standard InChI is InChI=1S/C14H19NO6S/c1-14(13(17)18,22(2,19)20)8-7-11-10-12(21-15-11)6-4-3-5-9-16/h10,16H,3,5,7-9H2,1-2H3,(H,17,18). The van der Waals surface area contributed by atoms with Crippen LogP contribution in [-0.4, -0.2) is 47.4 Å². The average Bonchev–Trinajstić information content (AvgIpc) is 2.87. The molecule has 2 N–H and O–H groups in total. The molecular weight excluding hydrogens is 310 g/mol. The normalized spacial score (nSPS) is 14.0. The number of carboxylic acid groups (broad SMARTS) is 1. The third-order valence-electron chi connectivity index (χ3n) is 3.36. The number of aromatic nitrogens is 1. The zero-order valence-electron chi connectivity index (χ0n) is 12.5. The minimum Gasteiger partial charge on any atom is -0.480 e. The molecule has 7 nitrogen and oxygen atoms in total. The van der Waals surface area contributed by atoms with Crippen molar-refractivity contribution in [3.8, 4) is 11.8 Å². The second-order valence-corrected chi connectivity index (χ2v) is 7.56. The second-order valence-electron chi connectivity index (χ2n) is 5.12. The summed E-state index contributed by atoms with van der Waals surface area (Å²) in [5.74, 6) is 4.46. The van der Waals surface area contributed by atoms with E-state index >= 15 is 0 Å². The Hall–Kier alpha value is -1.85. The number of aryl methyl sites for hydroxylation is 1. The van der Waals surface area contributed by atoms with Crippen LogP contribution in [0.25, 0.3) is 0 Å². The second kappa shape index (κ2) is 7.42. The van der Waals surface area contributed by atoms with Crippen molar-refractivity contribution in [3.63, 3.8) is 0 Å². The van der Waals surface area contributed by atoms with Crippen molar-refractivity contribution in [2.45, 2.75) is 37.4 Å². The summed E-state index contributed by atoms with van der Waals surface area (Å²) in [5, 5.41) is 21.5. The van der Waals surface area contributed by atoms with E-state index in [2.05, 4.69) is 17.0 Å². The Kier molecular flexibility index (Phi) is 6.14. The van der Waals surface area contributed by atoms with E-state index in [1.54, 1.807) is 6.07 Å². The molecule has 0 aromatic carbocycles. The molecule has 1 aromatic rings. The van der Waals surface area contributed by atoms with Crippen molar-refractivity contribution in [1.29, 1.82) is 0 Å². The van der Waals surface area contributed by atoms with Crippen LogP contribution in [0.1, 0.15) is 37.6 Å². The third kappa shape index (κ3) is 4.58. The molecule has 1 rings (SSSR count). The molecule has 0 radical (unpaired) electrons. The van der Waals surface area contributed by atoms with E-state index in [4.69, 9.17) is 14.7 Å². The molecule has 0 saturated carbocycles. The van der Waals surface area contributed by atoms with Crippen LogP contribution >= 0.6 is 0 Å². The van der Waals surface area contributed by atoms with Crippen molar-refractivity contribution < 1.29 is 27.9 Å². The number of rotatable bonds is 7. The van der Waals surface area contributed by atoms with Gasteiger partial charge in [0.2, 0.25) is 5.76 Å². The number of nitrogens with zero attached hydrogens (tertiary/aromatic N) is 1. The number of carbonyl (C=O) groups is 1. The number of carboxylic acids is 1. The first-order chi connectivity index (χ1) is 10.2. The summed E-state index contributed by atoms with van der Waals surface area (Å²) in [6, 6.07) is 1.55. The zero-order chi connectivity index (χ0) is 16.8. The van der Waals surface area contributed by atoms with Crippen molar-refractivity contribution in [3.05, 3.63) is 17.5 Å². The van der Waals surface area contributed by atoms with E-state index in [1.165, 1.54) is 6.92 Å². The van der Waals surface area contributed by atoms with Gasteiger partial charge < -0.3 is 14.7 Å². The highest BCUT2D eigenvalue weighted by atomic mass is 32.2. The average molecular weight is 329 g/mol. The SMILES string of the molecule is CC(CCc1cc(C#CCCCO)on1)(C(=O)O)S(C)(=O)=O. The van der Waals surface area contributed by atoms with Crippen LogP contribution in [0.4, 0.5) is 0 Å². The monoisotopic (exact) mass is 329 g/mol. The highest BCUT2D eigenvalue weighted by Gasteiger charge is 2.43. The molecule has 0 aliphatic carbocycles. The maximum Gasteiger partial charge on any atom is 0.324 e. The van der Waals surface area contributed by atoms with Crippen LogP contribution in [-0.2, 0) is 21.1 Å². The number of hydrogen-bond acceptors (Lipinski definition) is 6. The third-order valence-corrected chi connectivity index (χ3v) is 5.37. The van der Waals surface area contributed by atoms with E-state index < -0.39 is 20.6 Å². The molecule has 8 heteroatoms. The molecule has 0 spiro atoms. The maximum absolute atomic E-state index is 11.7. The van der Waals surface area contributed by atoms with Crippen molar-refractivity contribution in [1.82, 2.24) is 5.16 Å². The molecular formula is C14H19NO6S. The lowest BCUT2D eigenvalue weighted by molar-refractivity contribution is -0.139. The molecule has 1 atom stereocenters. The van der Waals surface area contributed by atoms with E-state index in [1.807, 2.05) is 0 Å². The predicted octanol–water partition coefficient (Wildman–Crippen LogP) is 0.619. The first-order valence-corrected chi connectivity index (χ1v) is 8.58. The first kappa shape index (κ1) is 18.2. The van der Waals surface area contributed by atoms with Gasteiger partial charge in [0.25, 0.3) is 0 Å². The summed E-state index contributed by atoms with van der Waals surface area (Å²) in [5.41, 5.74) is 0.447. The van der Waals surface area contributed by atoms with Gasteiger partial charge in [-0.05, 0) is 32.1 Å². The van der Waals surface area contributed by atoms with Crippen LogP contribution in [0.2, 0.25) is 0 Å². The summed E-state index contributed by atoms with van der Waals surface area (Å²) in [6.07, 6.45) is 2.04. The molecule has 1 unspecified atom stereocenters. The molecule has 0 fully saturated rings. The number of unbranched alkanes of at least 4 members (excludes halogenated alkanes) is 1. The number of aliphatic carboxylic acids is 1. The smallest absolute Gasteiger partial charge is 0.324 e. The van der Waals surface area contributed by atoms with Crippen molar-refractivity contribution in [2.24, 2.45) is 0 Å². The van der Waals surface area contributed by atoms with E-state index in [0.717, 1.165) is 6.26 Å². The Morgan fingerprint density at radius 1 is 1.50 bits per heavy atom. The Morgan fingerprint density at radius 3 is 2.73 bits per heavy atom. The van der Waals surface area contributed by atoms with Gasteiger partial charge in [0.05, 0.1) is 5.69 Å². The van der Waals surface area contributed by atoms with Gasteiger partial charge in [0.15, 0.2) is 14.6 Å². The molecule has 22 heavy (non-hydrogen) atoms. The Balaban J connectivity index is 2.74. The molecule has 0 bridgehead atoms. The van der Waals surface area contributed by atoms with Crippen molar-refractivity contribution in [2.75, 3.05) is 12.9 Å². The van der Waals surface area contributed by atoms with Gasteiger partial charge in [-0.1, -0.05) is 11.1 Å². The highest BCUT2D eigenvalue weighted by Crippen LogP contribution is 2.23. The molecule has 122 valence electrons. The Bertz CT molecular complexity index is 682. The van der Waals surface area contributed by atoms with Gasteiger partial charge in [-0.2, -0.15) is 0 Å². The maximum atomic E-state index is 11.7. The molecule has 0 saturated heterocycles. The van der Waals surface area contributed by atoms with Gasteiger partial charge in [-0.15, -0.1) is 0 Å². The predicted molar refractivity (Wildman–Crippen MR) is 78.9 cm³/mol. The van der Waals surface area contributed by atoms with Crippen LogP contribution in [0.5, 0.6) is 0 Å². The van der Waals surface area contributed by atoms with E-state index in [0.29, 0.717) is 24.3 Å². The van der Waals surface area contributed by atoms with Crippen LogP contribution in [0.3, 0.4) is 0 Å². The first-order valence-electron chi connectivity index (χ1n) is 6.69. The lowest BCUT2D eigenvalue weighted by Crippen LogP contribution is -2.43.